The number of carbonyl (C=O) groups excluding carboxylic acids is 1. The zero-order valence-electron chi connectivity index (χ0n) is 10.7. The third kappa shape index (κ3) is 3.34. The molecule has 0 spiro atoms. The van der Waals surface area contributed by atoms with Gasteiger partial charge in [0, 0.05) is 11.4 Å². The number of nitrogens with one attached hydrogen (secondary N) is 1. The van der Waals surface area contributed by atoms with Gasteiger partial charge >= 0.3 is 5.97 Å². The van der Waals surface area contributed by atoms with E-state index in [1.807, 2.05) is 17.5 Å². The van der Waals surface area contributed by atoms with Crippen LogP contribution in [0.1, 0.15) is 24.1 Å². The van der Waals surface area contributed by atoms with E-state index < -0.39 is 27.2 Å². The van der Waals surface area contributed by atoms with Crippen molar-refractivity contribution in [2.24, 2.45) is 5.92 Å². The van der Waals surface area contributed by atoms with Crippen LogP contribution in [0.25, 0.3) is 0 Å². The summed E-state index contributed by atoms with van der Waals surface area (Å²) in [4.78, 5) is 12.5. The van der Waals surface area contributed by atoms with Crippen molar-refractivity contribution in [3.8, 4) is 0 Å². The van der Waals surface area contributed by atoms with Crippen LogP contribution in [0, 0.1) is 5.92 Å². The van der Waals surface area contributed by atoms with Crippen LogP contribution in [0.3, 0.4) is 0 Å². The number of hydrogen-bond donors (Lipinski definition) is 1. The molecule has 1 fully saturated rings. The first-order valence-corrected chi connectivity index (χ1v) is 8.56. The summed E-state index contributed by atoms with van der Waals surface area (Å²) in [6, 6.07) is 3.75. The molecule has 1 saturated carbocycles. The predicted octanol–water partition coefficient (Wildman–Crippen LogP) is 1.51. The van der Waals surface area contributed by atoms with Crippen LogP contribution in [0.4, 0.5) is 0 Å². The summed E-state index contributed by atoms with van der Waals surface area (Å²) in [6.45, 7) is 0.282. The van der Waals surface area contributed by atoms with E-state index in [2.05, 4.69) is 9.46 Å². The van der Waals surface area contributed by atoms with Crippen LogP contribution < -0.4 is 4.72 Å². The number of thiophene rings is 1. The molecule has 0 amide bonds. The molecule has 0 radical (unpaired) electrons. The highest BCUT2D eigenvalue weighted by atomic mass is 32.2. The first kappa shape index (κ1) is 14.5. The Morgan fingerprint density at radius 3 is 2.95 bits per heavy atom. The SMILES string of the molecule is COC(=O)C1CCCC1S(=O)(=O)NCc1cccs1. The highest BCUT2D eigenvalue weighted by Gasteiger charge is 2.41. The Morgan fingerprint density at radius 1 is 1.53 bits per heavy atom. The summed E-state index contributed by atoms with van der Waals surface area (Å²) >= 11 is 1.50. The van der Waals surface area contributed by atoms with E-state index in [1.165, 1.54) is 18.4 Å². The van der Waals surface area contributed by atoms with Crippen LogP contribution in [0.5, 0.6) is 0 Å². The largest absolute Gasteiger partial charge is 0.469 e. The van der Waals surface area contributed by atoms with E-state index in [0.29, 0.717) is 12.8 Å². The minimum Gasteiger partial charge on any atom is -0.469 e. The van der Waals surface area contributed by atoms with Gasteiger partial charge in [0.05, 0.1) is 18.3 Å². The summed E-state index contributed by atoms with van der Waals surface area (Å²) in [5, 5.41) is 1.23. The van der Waals surface area contributed by atoms with Crippen molar-refractivity contribution in [3.63, 3.8) is 0 Å². The van der Waals surface area contributed by atoms with Gasteiger partial charge in [-0.05, 0) is 24.3 Å². The predicted molar refractivity (Wildman–Crippen MR) is 73.2 cm³/mol. The Kier molecular flexibility index (Phi) is 4.59. The highest BCUT2D eigenvalue weighted by molar-refractivity contribution is 7.90. The molecule has 19 heavy (non-hydrogen) atoms. The van der Waals surface area contributed by atoms with Gasteiger partial charge in [0.1, 0.15) is 0 Å². The molecule has 0 saturated heterocycles. The lowest BCUT2D eigenvalue weighted by Crippen LogP contribution is -2.39. The van der Waals surface area contributed by atoms with Gasteiger partial charge in [-0.25, -0.2) is 13.1 Å². The first-order valence-electron chi connectivity index (χ1n) is 6.13. The Morgan fingerprint density at radius 2 is 2.32 bits per heavy atom. The lowest BCUT2D eigenvalue weighted by Gasteiger charge is -2.18. The summed E-state index contributed by atoms with van der Waals surface area (Å²) in [6.07, 6.45) is 1.83. The van der Waals surface area contributed by atoms with E-state index in [0.717, 1.165) is 11.3 Å². The molecule has 106 valence electrons. The number of carbonyl (C=O) groups is 1. The smallest absolute Gasteiger partial charge is 0.310 e. The van der Waals surface area contributed by atoms with E-state index in [9.17, 15) is 13.2 Å². The zero-order chi connectivity index (χ0) is 13.9. The van der Waals surface area contributed by atoms with E-state index in [-0.39, 0.29) is 6.54 Å². The van der Waals surface area contributed by atoms with Crippen molar-refractivity contribution in [1.82, 2.24) is 4.72 Å². The van der Waals surface area contributed by atoms with Crippen molar-refractivity contribution < 1.29 is 17.9 Å². The molecule has 5 nitrogen and oxygen atoms in total. The monoisotopic (exact) mass is 303 g/mol. The molecule has 0 aliphatic heterocycles. The van der Waals surface area contributed by atoms with Gasteiger partial charge < -0.3 is 4.74 Å². The maximum absolute atomic E-state index is 12.2. The van der Waals surface area contributed by atoms with Gasteiger partial charge in [0.25, 0.3) is 0 Å². The molecule has 1 aromatic rings. The lowest BCUT2D eigenvalue weighted by molar-refractivity contribution is -0.145. The number of sulfonamides is 1. The molecule has 2 unspecified atom stereocenters. The minimum atomic E-state index is -3.48. The average molecular weight is 303 g/mol. The van der Waals surface area contributed by atoms with Gasteiger partial charge in [-0.15, -0.1) is 11.3 Å². The Bertz CT molecular complexity index is 524. The number of ether oxygens (including phenoxy) is 1. The van der Waals surface area contributed by atoms with Gasteiger partial charge in [0.15, 0.2) is 0 Å². The molecule has 1 aliphatic carbocycles. The standard InChI is InChI=1S/C12H17NO4S2/c1-17-12(14)10-5-2-6-11(10)19(15,16)13-8-9-4-3-7-18-9/h3-4,7,10-11,13H,2,5-6,8H2,1H3. The number of hydrogen-bond acceptors (Lipinski definition) is 5. The summed E-state index contributed by atoms with van der Waals surface area (Å²) < 4.78 is 31.8. The third-order valence-corrected chi connectivity index (χ3v) is 6.17. The quantitative estimate of drug-likeness (QED) is 0.837. The average Bonchev–Trinajstić information content (AvgIpc) is 3.06. The third-order valence-electron chi connectivity index (χ3n) is 3.38. The topological polar surface area (TPSA) is 72.5 Å². The van der Waals surface area contributed by atoms with E-state index in [1.54, 1.807) is 0 Å². The number of rotatable bonds is 5. The number of esters is 1. The maximum atomic E-state index is 12.2. The lowest BCUT2D eigenvalue weighted by atomic mass is 10.1. The van der Waals surface area contributed by atoms with Crippen molar-refractivity contribution in [1.29, 1.82) is 0 Å². The normalized spacial score (nSPS) is 23.4. The molecule has 1 heterocycles. The van der Waals surface area contributed by atoms with Crippen molar-refractivity contribution in [2.75, 3.05) is 7.11 Å². The molecular weight excluding hydrogens is 286 g/mol. The fraction of sp³-hybridized carbons (Fsp3) is 0.583. The second-order valence-corrected chi connectivity index (χ2v) is 7.56. The first-order chi connectivity index (χ1) is 9.04. The second kappa shape index (κ2) is 6.02. The van der Waals surface area contributed by atoms with Crippen LogP contribution >= 0.6 is 11.3 Å². The minimum absolute atomic E-state index is 0.282. The van der Waals surface area contributed by atoms with Gasteiger partial charge in [-0.1, -0.05) is 12.5 Å². The van der Waals surface area contributed by atoms with Gasteiger partial charge in [-0.2, -0.15) is 0 Å². The summed E-state index contributed by atoms with van der Waals surface area (Å²) in [5.41, 5.74) is 0. The molecule has 1 N–H and O–H groups in total. The van der Waals surface area contributed by atoms with E-state index >= 15 is 0 Å². The molecule has 1 aliphatic rings. The van der Waals surface area contributed by atoms with Gasteiger partial charge in [0.2, 0.25) is 10.0 Å². The van der Waals surface area contributed by atoms with Crippen LogP contribution in [0.2, 0.25) is 0 Å². The Balaban J connectivity index is 2.04. The van der Waals surface area contributed by atoms with Crippen molar-refractivity contribution in [2.45, 2.75) is 31.1 Å². The van der Waals surface area contributed by atoms with Crippen LogP contribution in [-0.2, 0) is 26.1 Å². The van der Waals surface area contributed by atoms with Gasteiger partial charge in [-0.3, -0.25) is 4.79 Å². The second-order valence-electron chi connectivity index (χ2n) is 4.54. The fourth-order valence-corrected chi connectivity index (χ4v) is 4.87. The Hall–Kier alpha value is -0.920. The molecule has 1 aromatic heterocycles. The van der Waals surface area contributed by atoms with Crippen molar-refractivity contribution >= 4 is 27.3 Å². The fourth-order valence-electron chi connectivity index (χ4n) is 2.41. The summed E-state index contributed by atoms with van der Waals surface area (Å²) in [5.74, 6) is -0.963. The van der Waals surface area contributed by atoms with Crippen LogP contribution in [-0.4, -0.2) is 26.7 Å². The molecule has 2 atom stereocenters. The van der Waals surface area contributed by atoms with Crippen molar-refractivity contribution in [3.05, 3.63) is 22.4 Å². The molecular formula is C12H17NO4S2. The Labute approximate surface area is 117 Å². The highest BCUT2D eigenvalue weighted by Crippen LogP contribution is 2.31. The molecule has 2 rings (SSSR count). The maximum Gasteiger partial charge on any atom is 0.310 e. The molecule has 7 heteroatoms. The molecule has 0 aromatic carbocycles. The zero-order valence-corrected chi connectivity index (χ0v) is 12.3. The summed E-state index contributed by atoms with van der Waals surface area (Å²) in [7, 11) is -2.19. The van der Waals surface area contributed by atoms with Crippen LogP contribution in [0.15, 0.2) is 17.5 Å². The van der Waals surface area contributed by atoms with E-state index in [4.69, 9.17) is 0 Å². The number of methoxy groups -OCH3 is 1. The molecule has 0 bridgehead atoms.